The average molecular weight is 214 g/mol. The number of hydrogen-bond acceptors (Lipinski definition) is 2. The molecule has 0 aromatic carbocycles. The minimum absolute atomic E-state index is 0.0329. The SMILES string of the molecule is CC(C)CCC(=O)NC(C(N)=O)C(C)C. The van der Waals surface area contributed by atoms with Crippen molar-refractivity contribution in [1.29, 1.82) is 0 Å². The van der Waals surface area contributed by atoms with E-state index in [4.69, 9.17) is 5.73 Å². The summed E-state index contributed by atoms with van der Waals surface area (Å²) in [6.07, 6.45) is 1.28. The zero-order valence-electron chi connectivity index (χ0n) is 10.0. The van der Waals surface area contributed by atoms with Gasteiger partial charge in [0.2, 0.25) is 11.8 Å². The lowest BCUT2D eigenvalue weighted by molar-refractivity contribution is -0.128. The van der Waals surface area contributed by atoms with Crippen molar-refractivity contribution in [3.05, 3.63) is 0 Å². The minimum Gasteiger partial charge on any atom is -0.368 e. The molecular weight excluding hydrogens is 192 g/mol. The van der Waals surface area contributed by atoms with E-state index in [-0.39, 0.29) is 11.8 Å². The molecule has 3 N–H and O–H groups in total. The van der Waals surface area contributed by atoms with Crippen LogP contribution >= 0.6 is 0 Å². The maximum Gasteiger partial charge on any atom is 0.240 e. The van der Waals surface area contributed by atoms with Gasteiger partial charge in [0.05, 0.1) is 0 Å². The fourth-order valence-corrected chi connectivity index (χ4v) is 1.23. The second-order valence-electron chi connectivity index (χ2n) is 4.62. The molecule has 0 fully saturated rings. The molecule has 0 aliphatic heterocycles. The van der Waals surface area contributed by atoms with Gasteiger partial charge in [-0.15, -0.1) is 0 Å². The van der Waals surface area contributed by atoms with Gasteiger partial charge in [0, 0.05) is 6.42 Å². The summed E-state index contributed by atoms with van der Waals surface area (Å²) >= 11 is 0. The lowest BCUT2D eigenvalue weighted by Crippen LogP contribution is -2.47. The van der Waals surface area contributed by atoms with Crippen molar-refractivity contribution in [2.75, 3.05) is 0 Å². The van der Waals surface area contributed by atoms with Crippen molar-refractivity contribution >= 4 is 11.8 Å². The highest BCUT2D eigenvalue weighted by Gasteiger charge is 2.21. The lowest BCUT2D eigenvalue weighted by Gasteiger charge is -2.19. The number of carbonyl (C=O) groups is 2. The topological polar surface area (TPSA) is 72.2 Å². The van der Waals surface area contributed by atoms with Gasteiger partial charge in [-0.3, -0.25) is 9.59 Å². The molecule has 0 aliphatic rings. The fourth-order valence-electron chi connectivity index (χ4n) is 1.23. The van der Waals surface area contributed by atoms with Crippen LogP contribution in [0.5, 0.6) is 0 Å². The maximum absolute atomic E-state index is 11.4. The summed E-state index contributed by atoms with van der Waals surface area (Å²) in [6.45, 7) is 7.83. The Bertz CT molecular complexity index is 225. The third-order valence-electron chi connectivity index (χ3n) is 2.24. The molecule has 4 heteroatoms. The fraction of sp³-hybridized carbons (Fsp3) is 0.818. The molecule has 1 atom stereocenters. The number of amides is 2. The van der Waals surface area contributed by atoms with Crippen molar-refractivity contribution < 1.29 is 9.59 Å². The highest BCUT2D eigenvalue weighted by molar-refractivity contribution is 5.86. The van der Waals surface area contributed by atoms with Crippen LogP contribution in [0.1, 0.15) is 40.5 Å². The van der Waals surface area contributed by atoms with Gasteiger partial charge in [0.1, 0.15) is 6.04 Å². The Morgan fingerprint density at radius 2 is 1.73 bits per heavy atom. The van der Waals surface area contributed by atoms with Gasteiger partial charge in [-0.05, 0) is 18.3 Å². The smallest absolute Gasteiger partial charge is 0.240 e. The van der Waals surface area contributed by atoms with Crippen LogP contribution in [0, 0.1) is 11.8 Å². The van der Waals surface area contributed by atoms with E-state index in [2.05, 4.69) is 19.2 Å². The van der Waals surface area contributed by atoms with Crippen molar-refractivity contribution in [3.63, 3.8) is 0 Å². The number of hydrogen-bond donors (Lipinski definition) is 2. The van der Waals surface area contributed by atoms with Gasteiger partial charge < -0.3 is 11.1 Å². The number of carbonyl (C=O) groups excluding carboxylic acids is 2. The van der Waals surface area contributed by atoms with Crippen LogP contribution in [0.2, 0.25) is 0 Å². The predicted octanol–water partition coefficient (Wildman–Crippen LogP) is 1.05. The normalized spacial score (nSPS) is 12.9. The van der Waals surface area contributed by atoms with E-state index in [1.54, 1.807) is 0 Å². The Balaban J connectivity index is 4.07. The number of nitrogens with one attached hydrogen (secondary N) is 1. The summed E-state index contributed by atoms with van der Waals surface area (Å²) in [6, 6.07) is -0.551. The van der Waals surface area contributed by atoms with Crippen LogP contribution in [-0.2, 0) is 9.59 Å². The van der Waals surface area contributed by atoms with Crippen LogP contribution in [0.15, 0.2) is 0 Å². The van der Waals surface area contributed by atoms with Crippen LogP contribution in [0.4, 0.5) is 0 Å². The Labute approximate surface area is 91.6 Å². The molecule has 0 radical (unpaired) electrons. The highest BCUT2D eigenvalue weighted by Crippen LogP contribution is 2.05. The molecule has 0 bridgehead atoms. The van der Waals surface area contributed by atoms with Crippen molar-refractivity contribution in [2.45, 2.75) is 46.6 Å². The van der Waals surface area contributed by atoms with Gasteiger partial charge >= 0.3 is 0 Å². The lowest BCUT2D eigenvalue weighted by atomic mass is 10.0. The van der Waals surface area contributed by atoms with Gasteiger partial charge in [-0.25, -0.2) is 0 Å². The van der Waals surface area contributed by atoms with E-state index in [0.717, 1.165) is 6.42 Å². The predicted molar refractivity (Wildman–Crippen MR) is 60.0 cm³/mol. The first-order chi connectivity index (χ1) is 6.84. The molecule has 2 amide bonds. The average Bonchev–Trinajstić information content (AvgIpc) is 2.09. The van der Waals surface area contributed by atoms with Crippen LogP contribution in [0.25, 0.3) is 0 Å². The third-order valence-corrected chi connectivity index (χ3v) is 2.24. The van der Waals surface area contributed by atoms with E-state index < -0.39 is 11.9 Å². The van der Waals surface area contributed by atoms with Gasteiger partial charge in [0.25, 0.3) is 0 Å². The van der Waals surface area contributed by atoms with Gasteiger partial charge in [0.15, 0.2) is 0 Å². The Kier molecular flexibility index (Phi) is 5.97. The summed E-state index contributed by atoms with van der Waals surface area (Å²) in [5, 5.41) is 2.66. The number of rotatable bonds is 6. The number of nitrogens with two attached hydrogens (primary N) is 1. The second-order valence-corrected chi connectivity index (χ2v) is 4.62. The summed E-state index contributed by atoms with van der Waals surface area (Å²) < 4.78 is 0. The molecule has 0 aliphatic carbocycles. The molecule has 0 saturated carbocycles. The van der Waals surface area contributed by atoms with Crippen LogP contribution in [0.3, 0.4) is 0 Å². The molecular formula is C11H22N2O2. The zero-order valence-corrected chi connectivity index (χ0v) is 10.0. The van der Waals surface area contributed by atoms with Gasteiger partial charge in [-0.2, -0.15) is 0 Å². The summed E-state index contributed by atoms with van der Waals surface area (Å²) in [7, 11) is 0. The Morgan fingerprint density at radius 1 is 1.20 bits per heavy atom. The van der Waals surface area contributed by atoms with Crippen molar-refractivity contribution in [2.24, 2.45) is 17.6 Å². The monoisotopic (exact) mass is 214 g/mol. The maximum atomic E-state index is 11.4. The summed E-state index contributed by atoms with van der Waals surface area (Å²) in [5.74, 6) is -0.0450. The molecule has 1 unspecified atom stereocenters. The van der Waals surface area contributed by atoms with E-state index >= 15 is 0 Å². The molecule has 4 nitrogen and oxygen atoms in total. The Hall–Kier alpha value is -1.06. The largest absolute Gasteiger partial charge is 0.368 e. The first kappa shape index (κ1) is 13.9. The molecule has 0 saturated heterocycles. The Morgan fingerprint density at radius 3 is 2.07 bits per heavy atom. The molecule has 0 heterocycles. The van der Waals surface area contributed by atoms with E-state index in [1.807, 2.05) is 13.8 Å². The summed E-state index contributed by atoms with van der Waals surface area (Å²) in [4.78, 5) is 22.5. The minimum atomic E-state index is -0.551. The zero-order chi connectivity index (χ0) is 12.0. The highest BCUT2D eigenvalue weighted by atomic mass is 16.2. The molecule has 88 valence electrons. The third kappa shape index (κ3) is 6.10. The molecule has 0 aromatic rings. The standard InChI is InChI=1S/C11H22N2O2/c1-7(2)5-6-9(14)13-10(8(3)4)11(12)15/h7-8,10H,5-6H2,1-4H3,(H2,12,15)(H,13,14). The molecule has 0 spiro atoms. The molecule has 15 heavy (non-hydrogen) atoms. The van der Waals surface area contributed by atoms with E-state index in [1.165, 1.54) is 0 Å². The summed E-state index contributed by atoms with van der Waals surface area (Å²) in [5.41, 5.74) is 5.19. The molecule has 0 aromatic heterocycles. The van der Waals surface area contributed by atoms with Crippen LogP contribution in [-0.4, -0.2) is 17.9 Å². The van der Waals surface area contributed by atoms with E-state index in [9.17, 15) is 9.59 Å². The second kappa shape index (κ2) is 6.43. The number of primary amides is 1. The van der Waals surface area contributed by atoms with Crippen LogP contribution < -0.4 is 11.1 Å². The first-order valence-corrected chi connectivity index (χ1v) is 5.43. The first-order valence-electron chi connectivity index (χ1n) is 5.43. The molecule has 0 rings (SSSR count). The van der Waals surface area contributed by atoms with E-state index in [0.29, 0.717) is 12.3 Å². The van der Waals surface area contributed by atoms with Crippen molar-refractivity contribution in [3.8, 4) is 0 Å². The van der Waals surface area contributed by atoms with Crippen molar-refractivity contribution in [1.82, 2.24) is 5.32 Å². The quantitative estimate of drug-likeness (QED) is 0.693. The van der Waals surface area contributed by atoms with Gasteiger partial charge in [-0.1, -0.05) is 27.7 Å².